The fourth-order valence-electron chi connectivity index (χ4n) is 10.0. The maximum Gasteiger partial charge on any atom is 0.309 e. The number of carbonyl (C=O) groups is 2. The smallest absolute Gasteiger partial charge is 0.309 e. The molecule has 3 aromatic carbocycles. The summed E-state index contributed by atoms with van der Waals surface area (Å²) in [5, 5.41) is 2.59. The zero-order valence-corrected chi connectivity index (χ0v) is 44.7. The summed E-state index contributed by atoms with van der Waals surface area (Å²) in [6, 6.07) is 21.9. The van der Waals surface area contributed by atoms with Crippen LogP contribution in [-0.2, 0) is 19.1 Å². The monoisotopic (exact) mass is 1000 g/mol. The number of rotatable bonds is 20. The molecule has 0 saturated carbocycles. The van der Waals surface area contributed by atoms with Gasteiger partial charge >= 0.3 is 11.9 Å². The van der Waals surface area contributed by atoms with E-state index >= 15 is 0 Å². The van der Waals surface area contributed by atoms with Gasteiger partial charge in [0.1, 0.15) is 12.2 Å². The Hall–Kier alpha value is -4.96. The normalized spacial score (nSPS) is 15.9. The van der Waals surface area contributed by atoms with E-state index in [2.05, 4.69) is 136 Å². The molecular weight excluding hydrogens is 937 g/mol. The van der Waals surface area contributed by atoms with Crippen molar-refractivity contribution in [3.63, 3.8) is 0 Å². The molecule has 0 spiro atoms. The average molecular weight is 1000 g/mol. The molecule has 2 aliphatic carbocycles. The van der Waals surface area contributed by atoms with Gasteiger partial charge in [0.25, 0.3) is 0 Å². The van der Waals surface area contributed by atoms with Gasteiger partial charge < -0.3 is 9.47 Å². The number of thiophene rings is 4. The lowest BCUT2D eigenvalue weighted by Crippen LogP contribution is -2.22. The SMILES string of the molecule is CCCCCCC(CCCC)C(=O)OC1CC=Cc2ccc(C#Cc3cc4sc5cc6c(cc5c4s3)sc3cc(C#Cc4ccc5c(c4)C(OC(=O)C(CCCC)CCCCCC)CC=C5)sc36)cc21. The van der Waals surface area contributed by atoms with Gasteiger partial charge in [0.15, 0.2) is 0 Å². The largest absolute Gasteiger partial charge is 0.457 e. The van der Waals surface area contributed by atoms with Gasteiger partial charge in [-0.2, -0.15) is 0 Å². The molecule has 0 N–H and O–H groups in total. The van der Waals surface area contributed by atoms with Crippen molar-refractivity contribution in [2.24, 2.45) is 11.8 Å². The van der Waals surface area contributed by atoms with Crippen LogP contribution in [0.5, 0.6) is 0 Å². The third-order valence-corrected chi connectivity index (χ3v) is 18.7. The molecule has 2 aliphatic rings. The second-order valence-electron chi connectivity index (χ2n) is 19.3. The van der Waals surface area contributed by atoms with Gasteiger partial charge in [-0.15, -0.1) is 45.3 Å². The van der Waals surface area contributed by atoms with Crippen LogP contribution in [-0.4, -0.2) is 11.9 Å². The first kappa shape index (κ1) is 50.0. The van der Waals surface area contributed by atoms with Crippen LogP contribution < -0.4 is 0 Å². The maximum absolute atomic E-state index is 13.6. The predicted octanol–water partition coefficient (Wildman–Crippen LogP) is 18.9. The third kappa shape index (κ3) is 11.9. The van der Waals surface area contributed by atoms with Gasteiger partial charge in [-0.05, 0) is 85.3 Å². The molecule has 0 fully saturated rings. The number of unbranched alkanes of at least 4 members (excludes halogenated alkanes) is 8. The lowest BCUT2D eigenvalue weighted by molar-refractivity contribution is -0.156. The van der Waals surface area contributed by atoms with E-state index in [4.69, 9.17) is 9.47 Å². The second kappa shape index (κ2) is 24.0. The summed E-state index contributed by atoms with van der Waals surface area (Å²) in [4.78, 5) is 29.2. The van der Waals surface area contributed by atoms with Crippen molar-refractivity contribution in [1.29, 1.82) is 0 Å². The van der Waals surface area contributed by atoms with E-state index in [0.717, 1.165) is 107 Å². The number of ether oxygens (including phenoxy) is 2. The average Bonchev–Trinajstić information content (AvgIpc) is 4.14. The van der Waals surface area contributed by atoms with Gasteiger partial charge in [-0.25, -0.2) is 0 Å². The summed E-state index contributed by atoms with van der Waals surface area (Å²) >= 11 is 7.22. The lowest BCUT2D eigenvalue weighted by Gasteiger charge is -2.25. The van der Waals surface area contributed by atoms with Crippen LogP contribution in [0.2, 0.25) is 0 Å². The van der Waals surface area contributed by atoms with Crippen LogP contribution in [0, 0.1) is 35.5 Å². The number of benzene rings is 3. The molecule has 0 amide bonds. The number of hydrogen-bond acceptors (Lipinski definition) is 8. The molecule has 0 saturated heterocycles. The zero-order chi connectivity index (χ0) is 48.4. The van der Waals surface area contributed by atoms with Gasteiger partial charge in [0.05, 0.1) is 31.0 Å². The molecule has 8 heteroatoms. The van der Waals surface area contributed by atoms with Gasteiger partial charge in [-0.1, -0.05) is 165 Å². The van der Waals surface area contributed by atoms with Crippen LogP contribution in [0.25, 0.3) is 51.1 Å². The van der Waals surface area contributed by atoms with E-state index in [9.17, 15) is 9.59 Å². The highest BCUT2D eigenvalue weighted by atomic mass is 32.1. The topological polar surface area (TPSA) is 52.6 Å². The minimum absolute atomic E-state index is 0.0254. The highest BCUT2D eigenvalue weighted by Crippen LogP contribution is 2.46. The summed E-state index contributed by atoms with van der Waals surface area (Å²) in [7, 11) is 0. The molecule has 0 aliphatic heterocycles. The first-order valence-electron chi connectivity index (χ1n) is 26.2. The molecule has 7 aromatic rings. The van der Waals surface area contributed by atoms with E-state index in [1.807, 2.05) is 22.7 Å². The van der Waals surface area contributed by atoms with E-state index < -0.39 is 0 Å². The van der Waals surface area contributed by atoms with Crippen LogP contribution >= 0.6 is 45.3 Å². The van der Waals surface area contributed by atoms with Gasteiger partial charge in [0.2, 0.25) is 0 Å². The molecule has 0 radical (unpaired) electrons. The molecule has 362 valence electrons. The van der Waals surface area contributed by atoms with Crippen molar-refractivity contribution in [3.8, 4) is 23.7 Å². The Morgan fingerprint density at radius 3 is 1.36 bits per heavy atom. The second-order valence-corrected chi connectivity index (χ2v) is 23.6. The first-order chi connectivity index (χ1) is 34.3. The predicted molar refractivity (Wildman–Crippen MR) is 301 cm³/mol. The van der Waals surface area contributed by atoms with Crippen LogP contribution in [0.3, 0.4) is 0 Å². The van der Waals surface area contributed by atoms with Crippen molar-refractivity contribution < 1.29 is 19.1 Å². The summed E-state index contributed by atoms with van der Waals surface area (Å²) in [6.45, 7) is 8.83. The summed E-state index contributed by atoms with van der Waals surface area (Å²) in [5.74, 6) is 13.8. The Kier molecular flexibility index (Phi) is 17.1. The molecule has 0 bridgehead atoms. The summed E-state index contributed by atoms with van der Waals surface area (Å²) in [6.07, 6.45) is 26.7. The highest BCUT2D eigenvalue weighted by molar-refractivity contribution is 7.34. The van der Waals surface area contributed by atoms with E-state index in [0.29, 0.717) is 12.8 Å². The van der Waals surface area contributed by atoms with Crippen molar-refractivity contribution >= 4 is 108 Å². The molecule has 9 rings (SSSR count). The van der Waals surface area contributed by atoms with Crippen molar-refractivity contribution in [1.82, 2.24) is 0 Å². The molecular formula is C62H66O4S4. The zero-order valence-electron chi connectivity index (χ0n) is 41.4. The Bertz CT molecular complexity index is 2950. The lowest BCUT2D eigenvalue weighted by atomic mass is 9.92. The van der Waals surface area contributed by atoms with Crippen molar-refractivity contribution in [2.75, 3.05) is 0 Å². The first-order valence-corrected chi connectivity index (χ1v) is 29.5. The quantitative estimate of drug-likeness (QED) is 0.0434. The minimum Gasteiger partial charge on any atom is -0.457 e. The Morgan fingerprint density at radius 1 is 0.500 bits per heavy atom. The van der Waals surface area contributed by atoms with Gasteiger partial charge in [0, 0.05) is 64.7 Å². The minimum atomic E-state index is -0.277. The van der Waals surface area contributed by atoms with E-state index in [1.165, 1.54) is 77.5 Å². The molecule has 70 heavy (non-hydrogen) atoms. The fourth-order valence-corrected chi connectivity index (χ4v) is 14.8. The highest BCUT2D eigenvalue weighted by Gasteiger charge is 2.28. The molecule has 4 unspecified atom stereocenters. The van der Waals surface area contributed by atoms with Crippen molar-refractivity contribution in [3.05, 3.63) is 116 Å². The molecule has 4 aromatic heterocycles. The summed E-state index contributed by atoms with van der Waals surface area (Å²) < 4.78 is 20.3. The Labute approximate surface area is 431 Å². The van der Waals surface area contributed by atoms with Gasteiger partial charge in [-0.3, -0.25) is 9.59 Å². The van der Waals surface area contributed by atoms with E-state index in [1.54, 1.807) is 22.7 Å². The molecule has 4 nitrogen and oxygen atoms in total. The third-order valence-electron chi connectivity index (χ3n) is 14.0. The van der Waals surface area contributed by atoms with Crippen LogP contribution in [0.15, 0.2) is 72.8 Å². The van der Waals surface area contributed by atoms with Crippen LogP contribution in [0.4, 0.5) is 0 Å². The standard InChI is InChI=1S/C62H66O4S4/c1-5-9-13-15-21-45(19-11-7-3)61(63)65-53-25-17-23-43-31-27-41(35-49(43)53)29-33-47-37-57-59(67-47)51-39-56-52(40-55(51)69-57)60-58(70-56)38-48(68-60)34-30-42-28-32-44-24-18-26-54(50(44)36-42)66-62(64)46(20-12-8-4)22-16-14-10-6-2/h17-18,23-24,27-28,31-32,35-40,45-46,53-54H,5-16,19-22,25-26H2,1-4H3. The Balaban J connectivity index is 0.884. The van der Waals surface area contributed by atoms with Crippen molar-refractivity contribution in [2.45, 2.75) is 155 Å². The number of carbonyl (C=O) groups excluding carboxylic acids is 2. The molecule has 4 atom stereocenters. The van der Waals surface area contributed by atoms with E-state index in [-0.39, 0.29) is 36.0 Å². The summed E-state index contributed by atoms with van der Waals surface area (Å²) in [5.41, 5.74) is 6.20. The maximum atomic E-state index is 13.6. The number of fused-ring (bicyclic) bond motifs is 8. The Morgan fingerprint density at radius 2 is 0.929 bits per heavy atom. The van der Waals surface area contributed by atoms with Crippen LogP contribution in [0.1, 0.15) is 199 Å². The fraction of sp³-hybridized carbons (Fsp3) is 0.419. The number of hydrogen-bond donors (Lipinski definition) is 0. The number of esters is 2. The molecule has 4 heterocycles.